The third-order valence-corrected chi connectivity index (χ3v) is 7.19. The lowest BCUT2D eigenvalue weighted by Crippen LogP contribution is -2.14. The van der Waals surface area contributed by atoms with Crippen LogP contribution < -0.4 is 10.6 Å². The van der Waals surface area contributed by atoms with E-state index >= 15 is 0 Å². The predicted octanol–water partition coefficient (Wildman–Crippen LogP) is 6.71. The molecule has 190 valence electrons. The molecule has 5 rings (SSSR count). The molecule has 8 nitrogen and oxygen atoms in total. The molecule has 0 radical (unpaired) electrons. The van der Waals surface area contributed by atoms with Gasteiger partial charge in [0.1, 0.15) is 0 Å². The molecule has 2 N–H and O–H groups in total. The minimum atomic E-state index is -0.540. The maximum atomic E-state index is 12.6. The Kier molecular flexibility index (Phi) is 7.10. The van der Waals surface area contributed by atoms with Crippen molar-refractivity contribution in [1.29, 1.82) is 0 Å². The summed E-state index contributed by atoms with van der Waals surface area (Å²) in [5, 5.41) is 18.9. The molecule has 0 aliphatic carbocycles. The van der Waals surface area contributed by atoms with Gasteiger partial charge >= 0.3 is 0 Å². The second kappa shape index (κ2) is 10.8. The maximum Gasteiger partial charge on any atom is 0.270 e. The Labute approximate surface area is 222 Å². The highest BCUT2D eigenvalue weighted by Crippen LogP contribution is 2.31. The number of nitro benzene ring substituents is 1. The van der Waals surface area contributed by atoms with Crippen molar-refractivity contribution in [2.75, 3.05) is 16.4 Å². The number of aromatic nitrogens is 1. The van der Waals surface area contributed by atoms with Crippen molar-refractivity contribution in [3.05, 3.63) is 107 Å². The number of para-hydroxylation sites is 1. The lowest BCUT2D eigenvalue weighted by Gasteiger charge is -2.08. The van der Waals surface area contributed by atoms with Crippen molar-refractivity contribution in [3.63, 3.8) is 0 Å². The first-order valence-corrected chi connectivity index (χ1v) is 13.0. The summed E-state index contributed by atoms with van der Waals surface area (Å²) in [5.74, 6) is -0.321. The largest absolute Gasteiger partial charge is 0.341 e. The van der Waals surface area contributed by atoms with Gasteiger partial charge in [-0.3, -0.25) is 19.7 Å². The van der Waals surface area contributed by atoms with E-state index in [1.54, 1.807) is 12.1 Å². The van der Waals surface area contributed by atoms with Gasteiger partial charge in [-0.15, -0.1) is 11.8 Å². The van der Waals surface area contributed by atoms with Crippen LogP contribution in [0.15, 0.2) is 95.9 Å². The Bertz CT molecular complexity index is 1680. The molecule has 9 heteroatoms. The standard InChI is InChI=1S/C29H24N4O4S/c1-2-32-26-9-4-3-8-24(26)25-17-21(12-15-27(25)32)30-28(34)18-38-23-13-10-20(11-14-23)31-29(35)19-6-5-7-22(16-19)33(36)37/h3-17H,2,18H2,1H3,(H,30,34)(H,31,35). The van der Waals surface area contributed by atoms with Crippen LogP contribution in [0.1, 0.15) is 17.3 Å². The summed E-state index contributed by atoms with van der Waals surface area (Å²) in [4.78, 5) is 36.4. The number of amides is 2. The first-order chi connectivity index (χ1) is 18.4. The van der Waals surface area contributed by atoms with E-state index in [0.717, 1.165) is 33.4 Å². The number of anilines is 2. The fourth-order valence-electron chi connectivity index (χ4n) is 4.42. The van der Waals surface area contributed by atoms with E-state index in [9.17, 15) is 19.7 Å². The van der Waals surface area contributed by atoms with Crippen molar-refractivity contribution < 1.29 is 14.5 Å². The third kappa shape index (κ3) is 5.23. The van der Waals surface area contributed by atoms with Crippen LogP contribution in [0.4, 0.5) is 17.1 Å². The predicted molar refractivity (Wildman–Crippen MR) is 152 cm³/mol. The van der Waals surface area contributed by atoms with E-state index in [4.69, 9.17) is 0 Å². The summed E-state index contributed by atoms with van der Waals surface area (Å²) < 4.78 is 2.27. The van der Waals surface area contributed by atoms with E-state index in [-0.39, 0.29) is 22.9 Å². The number of carbonyl (C=O) groups is 2. The van der Waals surface area contributed by atoms with Gasteiger partial charge in [0.05, 0.1) is 10.7 Å². The minimum absolute atomic E-state index is 0.114. The van der Waals surface area contributed by atoms with Crippen molar-refractivity contribution in [1.82, 2.24) is 4.57 Å². The molecule has 0 fully saturated rings. The Morgan fingerprint density at radius 2 is 1.58 bits per heavy atom. The van der Waals surface area contributed by atoms with Crippen molar-refractivity contribution in [3.8, 4) is 0 Å². The molecule has 38 heavy (non-hydrogen) atoms. The first kappa shape index (κ1) is 25.0. The monoisotopic (exact) mass is 524 g/mol. The van der Waals surface area contributed by atoms with Gasteiger partial charge in [0.2, 0.25) is 5.91 Å². The number of hydrogen-bond acceptors (Lipinski definition) is 5. The van der Waals surface area contributed by atoms with E-state index in [1.165, 1.54) is 41.5 Å². The van der Waals surface area contributed by atoms with Gasteiger partial charge < -0.3 is 15.2 Å². The van der Waals surface area contributed by atoms with Crippen LogP contribution in [0.5, 0.6) is 0 Å². The molecule has 1 aromatic heterocycles. The molecular weight excluding hydrogens is 500 g/mol. The van der Waals surface area contributed by atoms with Gasteiger partial charge in [-0.1, -0.05) is 24.3 Å². The number of benzene rings is 4. The molecule has 2 amide bonds. The molecule has 0 aliphatic rings. The maximum absolute atomic E-state index is 12.6. The topological polar surface area (TPSA) is 106 Å². The number of rotatable bonds is 8. The molecule has 0 saturated carbocycles. The number of hydrogen-bond donors (Lipinski definition) is 2. The SMILES string of the molecule is CCn1c2ccccc2c2cc(NC(=O)CSc3ccc(NC(=O)c4cccc([N+](=O)[O-])c4)cc3)ccc21. The van der Waals surface area contributed by atoms with Crippen LogP contribution in [-0.2, 0) is 11.3 Å². The average molecular weight is 525 g/mol. The number of nitrogens with zero attached hydrogens (tertiary/aromatic N) is 2. The molecule has 0 aliphatic heterocycles. The number of fused-ring (bicyclic) bond motifs is 3. The number of nitro groups is 1. The van der Waals surface area contributed by atoms with Gasteiger partial charge in [-0.05, 0) is 61.5 Å². The normalized spacial score (nSPS) is 11.0. The van der Waals surface area contributed by atoms with Gasteiger partial charge in [0, 0.05) is 62.3 Å². The molecular formula is C29H24N4O4S. The quantitative estimate of drug-likeness (QED) is 0.133. The average Bonchev–Trinajstić information content (AvgIpc) is 3.25. The van der Waals surface area contributed by atoms with Gasteiger partial charge in [-0.2, -0.15) is 0 Å². The number of non-ortho nitro benzene ring substituents is 1. The Morgan fingerprint density at radius 3 is 2.34 bits per heavy atom. The fourth-order valence-corrected chi connectivity index (χ4v) is 5.12. The van der Waals surface area contributed by atoms with Gasteiger partial charge in [0.15, 0.2) is 0 Å². The fraction of sp³-hybridized carbons (Fsp3) is 0.103. The number of aryl methyl sites for hydroxylation is 1. The number of thioether (sulfide) groups is 1. The van der Waals surface area contributed by atoms with Crippen molar-refractivity contribution in [2.24, 2.45) is 0 Å². The first-order valence-electron chi connectivity index (χ1n) is 12.0. The molecule has 0 bridgehead atoms. The minimum Gasteiger partial charge on any atom is -0.341 e. The number of nitrogens with one attached hydrogen (secondary N) is 2. The summed E-state index contributed by atoms with van der Waals surface area (Å²) in [6.07, 6.45) is 0. The second-order valence-electron chi connectivity index (χ2n) is 8.62. The summed E-state index contributed by atoms with van der Waals surface area (Å²) in [7, 11) is 0. The van der Waals surface area contributed by atoms with Crippen LogP contribution in [0.25, 0.3) is 21.8 Å². The lowest BCUT2D eigenvalue weighted by atomic mass is 10.1. The summed E-state index contributed by atoms with van der Waals surface area (Å²) in [6.45, 7) is 2.99. The van der Waals surface area contributed by atoms with Crippen LogP contribution >= 0.6 is 11.8 Å². The number of carbonyl (C=O) groups excluding carboxylic acids is 2. The van der Waals surface area contributed by atoms with E-state index < -0.39 is 10.8 Å². The summed E-state index contributed by atoms with van der Waals surface area (Å²) in [5.41, 5.74) is 3.67. The smallest absolute Gasteiger partial charge is 0.270 e. The molecule has 1 heterocycles. The Morgan fingerprint density at radius 1 is 0.842 bits per heavy atom. The summed E-state index contributed by atoms with van der Waals surface area (Å²) >= 11 is 1.39. The van der Waals surface area contributed by atoms with Gasteiger partial charge in [-0.25, -0.2) is 0 Å². The van der Waals surface area contributed by atoms with Crippen LogP contribution in [-0.4, -0.2) is 27.1 Å². The molecule has 0 spiro atoms. The molecule has 5 aromatic rings. The van der Waals surface area contributed by atoms with Crippen LogP contribution in [0.3, 0.4) is 0 Å². The van der Waals surface area contributed by atoms with Crippen LogP contribution in [0.2, 0.25) is 0 Å². The van der Waals surface area contributed by atoms with Crippen molar-refractivity contribution >= 4 is 62.4 Å². The second-order valence-corrected chi connectivity index (χ2v) is 9.66. The van der Waals surface area contributed by atoms with Crippen LogP contribution in [0, 0.1) is 10.1 Å². The van der Waals surface area contributed by atoms with E-state index in [0.29, 0.717) is 5.69 Å². The molecule has 0 atom stereocenters. The highest BCUT2D eigenvalue weighted by molar-refractivity contribution is 8.00. The highest BCUT2D eigenvalue weighted by atomic mass is 32.2. The van der Waals surface area contributed by atoms with Crippen molar-refractivity contribution in [2.45, 2.75) is 18.4 Å². The summed E-state index contributed by atoms with van der Waals surface area (Å²) in [6, 6.07) is 26.9. The Hall–Kier alpha value is -4.63. The zero-order chi connectivity index (χ0) is 26.6. The Balaban J connectivity index is 1.19. The van der Waals surface area contributed by atoms with E-state index in [1.807, 2.05) is 42.5 Å². The zero-order valence-corrected chi connectivity index (χ0v) is 21.3. The zero-order valence-electron chi connectivity index (χ0n) is 20.5. The van der Waals surface area contributed by atoms with E-state index in [2.05, 4.69) is 34.3 Å². The molecule has 4 aromatic carbocycles. The molecule has 0 unspecified atom stereocenters. The third-order valence-electron chi connectivity index (χ3n) is 6.17. The van der Waals surface area contributed by atoms with Gasteiger partial charge in [0.25, 0.3) is 11.6 Å². The molecule has 0 saturated heterocycles. The highest BCUT2D eigenvalue weighted by Gasteiger charge is 2.13. The lowest BCUT2D eigenvalue weighted by molar-refractivity contribution is -0.384.